The summed E-state index contributed by atoms with van der Waals surface area (Å²) in [6.45, 7) is 1.23. The number of rotatable bonds is 3. The number of benzene rings is 1. The minimum atomic E-state index is -1.48. The van der Waals surface area contributed by atoms with Gasteiger partial charge in [-0.15, -0.1) is 0 Å². The molecule has 0 radical (unpaired) electrons. The van der Waals surface area contributed by atoms with E-state index in [0.717, 1.165) is 0 Å². The maximum Gasteiger partial charge on any atom is 0.243 e. The molecule has 2 rings (SSSR count). The molecule has 0 aliphatic carbocycles. The zero-order valence-corrected chi connectivity index (χ0v) is 11.5. The zero-order chi connectivity index (χ0) is 14.9. The third kappa shape index (κ3) is 2.40. The molecule has 1 heterocycles. The second-order valence-electron chi connectivity index (χ2n) is 4.04. The van der Waals surface area contributed by atoms with Crippen LogP contribution in [0.1, 0.15) is 12.5 Å². The zero-order valence-electron chi connectivity index (χ0n) is 10.7. The highest BCUT2D eigenvalue weighted by molar-refractivity contribution is 6.49. The number of ether oxygens (including phenoxy) is 2. The number of allylic oxidation sites excluding steroid dienone is 1. The Balaban J connectivity index is 2.41. The van der Waals surface area contributed by atoms with Gasteiger partial charge in [0, 0.05) is 11.1 Å². The molecule has 6 heteroatoms. The van der Waals surface area contributed by atoms with E-state index in [2.05, 4.69) is 0 Å². The van der Waals surface area contributed by atoms with Crippen molar-refractivity contribution >= 4 is 29.1 Å². The highest BCUT2D eigenvalue weighted by Crippen LogP contribution is 2.36. The molecule has 1 aliphatic rings. The quantitative estimate of drug-likeness (QED) is 0.783. The number of Topliss-reactive ketones (excluding diaryl/α,β-unsaturated/α-hetero) is 1. The van der Waals surface area contributed by atoms with Crippen LogP contribution in [0.5, 0.6) is 5.75 Å². The van der Waals surface area contributed by atoms with Gasteiger partial charge >= 0.3 is 0 Å². The largest absolute Gasteiger partial charge is 0.545 e. The van der Waals surface area contributed by atoms with Gasteiger partial charge < -0.3 is 19.4 Å². The van der Waals surface area contributed by atoms with Crippen LogP contribution in [0.3, 0.4) is 0 Å². The van der Waals surface area contributed by atoms with Crippen LogP contribution in [-0.2, 0) is 14.3 Å². The summed E-state index contributed by atoms with van der Waals surface area (Å²) in [4.78, 5) is 22.7. The molecule has 0 N–H and O–H groups in total. The number of halogens is 1. The van der Waals surface area contributed by atoms with Crippen molar-refractivity contribution in [3.63, 3.8) is 0 Å². The van der Waals surface area contributed by atoms with Gasteiger partial charge in [-0.2, -0.15) is 0 Å². The summed E-state index contributed by atoms with van der Waals surface area (Å²) >= 11 is 5.91. The first-order valence-corrected chi connectivity index (χ1v) is 6.02. The summed E-state index contributed by atoms with van der Waals surface area (Å²) in [5.74, 6) is -1.71. The maximum atomic E-state index is 11.9. The lowest BCUT2D eigenvalue weighted by Crippen LogP contribution is -2.25. The van der Waals surface area contributed by atoms with Crippen molar-refractivity contribution < 1.29 is 24.2 Å². The molecule has 104 valence electrons. The van der Waals surface area contributed by atoms with E-state index in [1.165, 1.54) is 14.0 Å². The van der Waals surface area contributed by atoms with Crippen LogP contribution < -0.4 is 9.84 Å². The number of carboxylic acid groups (broad SMARTS) is 1. The van der Waals surface area contributed by atoms with Gasteiger partial charge in [-0.05, 0) is 31.2 Å². The lowest BCUT2D eigenvalue weighted by Gasteiger charge is -2.08. The van der Waals surface area contributed by atoms with E-state index in [0.29, 0.717) is 11.3 Å². The van der Waals surface area contributed by atoms with Crippen LogP contribution in [0.15, 0.2) is 40.6 Å². The highest BCUT2D eigenvalue weighted by Gasteiger charge is 2.32. The van der Waals surface area contributed by atoms with Gasteiger partial charge in [0.05, 0.1) is 13.1 Å². The SMILES string of the molecule is COc1ccc(C2=C(Cl)C(=O)C(=C(C)C(=O)[O-])O2)cc1. The van der Waals surface area contributed by atoms with E-state index < -0.39 is 11.8 Å². The van der Waals surface area contributed by atoms with Gasteiger partial charge in [0.2, 0.25) is 5.78 Å². The smallest absolute Gasteiger partial charge is 0.243 e. The monoisotopic (exact) mass is 293 g/mol. The third-order valence-electron chi connectivity index (χ3n) is 2.81. The minimum absolute atomic E-state index is 0.120. The highest BCUT2D eigenvalue weighted by atomic mass is 35.5. The molecule has 20 heavy (non-hydrogen) atoms. The number of carboxylic acids is 1. The molecule has 0 aromatic heterocycles. The third-order valence-corrected chi connectivity index (χ3v) is 3.15. The molecule has 1 aromatic carbocycles. The molecule has 1 aromatic rings. The van der Waals surface area contributed by atoms with Crippen molar-refractivity contribution in [1.29, 1.82) is 0 Å². The van der Waals surface area contributed by atoms with Crippen molar-refractivity contribution in [2.75, 3.05) is 7.11 Å². The summed E-state index contributed by atoms with van der Waals surface area (Å²) in [7, 11) is 1.53. The van der Waals surface area contributed by atoms with Crippen molar-refractivity contribution in [2.45, 2.75) is 6.92 Å². The predicted molar refractivity (Wildman–Crippen MR) is 69.6 cm³/mol. The number of ketones is 1. The molecule has 0 saturated carbocycles. The van der Waals surface area contributed by atoms with Crippen LogP contribution in [-0.4, -0.2) is 18.9 Å². The Kier molecular flexibility index (Phi) is 3.81. The number of hydrogen-bond acceptors (Lipinski definition) is 5. The molecule has 0 atom stereocenters. The Morgan fingerprint density at radius 1 is 1.30 bits per heavy atom. The van der Waals surface area contributed by atoms with Crippen LogP contribution in [0, 0.1) is 0 Å². The Hall–Kier alpha value is -2.27. The Bertz CT molecular complexity index is 640. The number of hydrogen-bond donors (Lipinski definition) is 0. The van der Waals surface area contributed by atoms with Gasteiger partial charge in [0.1, 0.15) is 10.8 Å². The van der Waals surface area contributed by atoms with Gasteiger partial charge in [-0.3, -0.25) is 4.79 Å². The van der Waals surface area contributed by atoms with Crippen LogP contribution in [0.2, 0.25) is 0 Å². The molecular formula is C14H10ClO5-. The molecule has 0 spiro atoms. The van der Waals surface area contributed by atoms with E-state index in [1.807, 2.05) is 0 Å². The van der Waals surface area contributed by atoms with Crippen molar-refractivity contribution in [3.05, 3.63) is 46.2 Å². The van der Waals surface area contributed by atoms with Gasteiger partial charge in [0.15, 0.2) is 11.5 Å². The van der Waals surface area contributed by atoms with E-state index >= 15 is 0 Å². The van der Waals surface area contributed by atoms with E-state index in [9.17, 15) is 14.7 Å². The lowest BCUT2D eigenvalue weighted by atomic mass is 10.1. The summed E-state index contributed by atoms with van der Waals surface area (Å²) in [5, 5.41) is 10.6. The Morgan fingerprint density at radius 3 is 2.40 bits per heavy atom. The van der Waals surface area contributed by atoms with E-state index in [1.54, 1.807) is 24.3 Å². The van der Waals surface area contributed by atoms with Gasteiger partial charge in [-0.1, -0.05) is 11.6 Å². The topological polar surface area (TPSA) is 75.7 Å². The molecule has 5 nitrogen and oxygen atoms in total. The first-order valence-electron chi connectivity index (χ1n) is 5.64. The number of carbonyl (C=O) groups excluding carboxylic acids is 2. The molecule has 0 unspecified atom stereocenters. The average Bonchev–Trinajstić information content (AvgIpc) is 2.75. The molecule has 0 saturated heterocycles. The maximum absolute atomic E-state index is 11.9. The summed E-state index contributed by atoms with van der Waals surface area (Å²) in [5.41, 5.74) is 0.252. The molecule has 0 amide bonds. The fraction of sp³-hybridized carbons (Fsp3) is 0.143. The molecule has 0 fully saturated rings. The standard InChI is InChI=1S/C14H11ClO5/c1-7(14(17)18)12-11(16)10(15)13(20-12)8-3-5-9(19-2)6-4-8/h3-6H,1-2H3,(H,17,18)/p-1. The second kappa shape index (κ2) is 5.38. The molecule has 0 bridgehead atoms. The second-order valence-corrected chi connectivity index (χ2v) is 4.42. The Morgan fingerprint density at radius 2 is 1.90 bits per heavy atom. The van der Waals surface area contributed by atoms with Gasteiger partial charge in [-0.25, -0.2) is 0 Å². The van der Waals surface area contributed by atoms with Crippen LogP contribution in [0.4, 0.5) is 0 Å². The number of carbonyl (C=O) groups is 2. The van der Waals surface area contributed by atoms with Gasteiger partial charge in [0.25, 0.3) is 0 Å². The first kappa shape index (κ1) is 14.1. The van der Waals surface area contributed by atoms with Crippen molar-refractivity contribution in [2.24, 2.45) is 0 Å². The fourth-order valence-corrected chi connectivity index (χ4v) is 1.90. The van der Waals surface area contributed by atoms with E-state index in [-0.39, 0.29) is 22.1 Å². The average molecular weight is 294 g/mol. The predicted octanol–water partition coefficient (Wildman–Crippen LogP) is 1.23. The normalized spacial score (nSPS) is 17.1. The number of methoxy groups -OCH3 is 1. The molecule has 1 aliphatic heterocycles. The van der Waals surface area contributed by atoms with Crippen LogP contribution >= 0.6 is 11.6 Å². The summed E-state index contributed by atoms with van der Waals surface area (Å²) in [6, 6.07) is 6.66. The van der Waals surface area contributed by atoms with Crippen molar-refractivity contribution in [3.8, 4) is 5.75 Å². The summed E-state index contributed by atoms with van der Waals surface area (Å²) < 4.78 is 10.3. The first-order chi connectivity index (χ1) is 9.45. The minimum Gasteiger partial charge on any atom is -0.545 e. The van der Waals surface area contributed by atoms with Crippen molar-refractivity contribution in [1.82, 2.24) is 0 Å². The fourth-order valence-electron chi connectivity index (χ4n) is 1.66. The Labute approximate surface area is 120 Å². The van der Waals surface area contributed by atoms with Crippen LogP contribution in [0.25, 0.3) is 5.76 Å². The molecular weight excluding hydrogens is 284 g/mol. The lowest BCUT2D eigenvalue weighted by molar-refractivity contribution is -0.299. The van der Waals surface area contributed by atoms with E-state index in [4.69, 9.17) is 21.1 Å². The number of aliphatic carboxylic acids is 1. The summed E-state index contributed by atoms with van der Waals surface area (Å²) in [6.07, 6.45) is 0.